The fraction of sp³-hybridized carbons (Fsp3) is 0.375. The van der Waals surface area contributed by atoms with Crippen LogP contribution in [0.3, 0.4) is 0 Å². The SMILES string of the molecule is Cc1cc(=O)n(-c2cc(F)cc(N3CCOCC3)c2)c(C)n1. The van der Waals surface area contributed by atoms with Crippen molar-refractivity contribution in [2.75, 3.05) is 31.2 Å². The van der Waals surface area contributed by atoms with Gasteiger partial charge in [0.1, 0.15) is 11.6 Å². The van der Waals surface area contributed by atoms with Crippen molar-refractivity contribution < 1.29 is 9.13 Å². The first-order valence-corrected chi connectivity index (χ1v) is 7.25. The largest absolute Gasteiger partial charge is 0.378 e. The first kappa shape index (κ1) is 14.7. The van der Waals surface area contributed by atoms with Gasteiger partial charge < -0.3 is 9.64 Å². The Balaban J connectivity index is 2.08. The van der Waals surface area contributed by atoms with Crippen molar-refractivity contribution in [2.24, 2.45) is 0 Å². The molecule has 1 saturated heterocycles. The van der Waals surface area contributed by atoms with Gasteiger partial charge in [-0.05, 0) is 32.0 Å². The van der Waals surface area contributed by atoms with E-state index in [1.54, 1.807) is 13.8 Å². The van der Waals surface area contributed by atoms with Crippen molar-refractivity contribution in [3.05, 3.63) is 52.0 Å². The number of aromatic nitrogens is 2. The van der Waals surface area contributed by atoms with Crippen LogP contribution in [0.1, 0.15) is 11.5 Å². The maximum absolute atomic E-state index is 14.0. The second-order valence-corrected chi connectivity index (χ2v) is 5.39. The number of ether oxygens (including phenoxy) is 1. The lowest BCUT2D eigenvalue weighted by Gasteiger charge is -2.29. The fourth-order valence-electron chi connectivity index (χ4n) is 2.75. The molecule has 22 heavy (non-hydrogen) atoms. The van der Waals surface area contributed by atoms with Crippen LogP contribution in [0.2, 0.25) is 0 Å². The molecule has 0 unspecified atom stereocenters. The van der Waals surface area contributed by atoms with Gasteiger partial charge in [-0.3, -0.25) is 9.36 Å². The van der Waals surface area contributed by atoms with E-state index < -0.39 is 0 Å². The molecule has 0 spiro atoms. The Morgan fingerprint density at radius 1 is 1.09 bits per heavy atom. The van der Waals surface area contributed by atoms with Gasteiger partial charge in [-0.2, -0.15) is 0 Å². The molecule has 0 atom stereocenters. The second-order valence-electron chi connectivity index (χ2n) is 5.39. The summed E-state index contributed by atoms with van der Waals surface area (Å²) in [7, 11) is 0. The molecular weight excluding hydrogens is 285 g/mol. The number of benzene rings is 1. The first-order valence-electron chi connectivity index (χ1n) is 7.25. The molecule has 116 valence electrons. The number of rotatable bonds is 2. The molecule has 6 heteroatoms. The van der Waals surface area contributed by atoms with Crippen LogP contribution in [0.15, 0.2) is 29.1 Å². The highest BCUT2D eigenvalue weighted by Crippen LogP contribution is 2.22. The number of halogens is 1. The lowest BCUT2D eigenvalue weighted by molar-refractivity contribution is 0.122. The molecule has 0 N–H and O–H groups in total. The van der Waals surface area contributed by atoms with Gasteiger partial charge >= 0.3 is 0 Å². The summed E-state index contributed by atoms with van der Waals surface area (Å²) in [6.45, 7) is 6.18. The Morgan fingerprint density at radius 3 is 2.45 bits per heavy atom. The molecule has 0 aliphatic carbocycles. The standard InChI is InChI=1S/C16H18FN3O2/c1-11-7-16(21)20(12(2)18-11)15-9-13(17)8-14(10-15)19-3-5-22-6-4-19/h7-10H,3-6H2,1-2H3. The molecule has 0 radical (unpaired) electrons. The third kappa shape index (κ3) is 2.87. The predicted molar refractivity (Wildman–Crippen MR) is 82.3 cm³/mol. The highest BCUT2D eigenvalue weighted by atomic mass is 19.1. The van der Waals surface area contributed by atoms with Gasteiger partial charge in [0.25, 0.3) is 5.56 Å². The molecule has 2 heterocycles. The second kappa shape index (κ2) is 5.88. The Labute approximate surface area is 128 Å². The minimum atomic E-state index is -0.370. The molecule has 1 aliphatic heterocycles. The Hall–Kier alpha value is -2.21. The smallest absolute Gasteiger partial charge is 0.258 e. The molecular formula is C16H18FN3O2. The predicted octanol–water partition coefficient (Wildman–Crippen LogP) is 1.83. The van der Waals surface area contributed by atoms with Gasteiger partial charge in [-0.15, -0.1) is 0 Å². The van der Waals surface area contributed by atoms with Gasteiger partial charge in [-0.25, -0.2) is 9.37 Å². The van der Waals surface area contributed by atoms with E-state index in [4.69, 9.17) is 4.74 Å². The number of morpholine rings is 1. The van der Waals surface area contributed by atoms with Crippen LogP contribution < -0.4 is 10.5 Å². The minimum absolute atomic E-state index is 0.205. The summed E-state index contributed by atoms with van der Waals surface area (Å²) in [5, 5.41) is 0. The zero-order chi connectivity index (χ0) is 15.7. The summed E-state index contributed by atoms with van der Waals surface area (Å²) in [4.78, 5) is 18.6. The Bertz CT molecular complexity index is 752. The van der Waals surface area contributed by atoms with E-state index in [1.165, 1.54) is 22.8 Å². The summed E-state index contributed by atoms with van der Waals surface area (Å²) in [6.07, 6.45) is 0. The molecule has 1 aromatic carbocycles. The van der Waals surface area contributed by atoms with Crippen LogP contribution in [0, 0.1) is 19.7 Å². The molecule has 1 aliphatic rings. The highest BCUT2D eigenvalue weighted by Gasteiger charge is 2.15. The first-order chi connectivity index (χ1) is 10.5. The maximum atomic E-state index is 14.0. The lowest BCUT2D eigenvalue weighted by atomic mass is 10.2. The van der Waals surface area contributed by atoms with Crippen molar-refractivity contribution >= 4 is 5.69 Å². The fourth-order valence-corrected chi connectivity index (χ4v) is 2.75. The van der Waals surface area contributed by atoms with Gasteiger partial charge in [-0.1, -0.05) is 0 Å². The average Bonchev–Trinajstić information content (AvgIpc) is 2.46. The maximum Gasteiger partial charge on any atom is 0.258 e. The molecule has 1 aromatic heterocycles. The minimum Gasteiger partial charge on any atom is -0.378 e. The molecule has 0 bridgehead atoms. The van der Waals surface area contributed by atoms with Crippen LogP contribution in [-0.2, 0) is 4.74 Å². The summed E-state index contributed by atoms with van der Waals surface area (Å²) in [6, 6.07) is 6.11. The van der Waals surface area contributed by atoms with Crippen molar-refractivity contribution in [1.82, 2.24) is 9.55 Å². The normalized spacial score (nSPS) is 15.1. The highest BCUT2D eigenvalue weighted by molar-refractivity contribution is 5.54. The van der Waals surface area contributed by atoms with E-state index in [9.17, 15) is 9.18 Å². The number of hydrogen-bond acceptors (Lipinski definition) is 4. The van der Waals surface area contributed by atoms with E-state index in [2.05, 4.69) is 9.88 Å². The summed E-state index contributed by atoms with van der Waals surface area (Å²) < 4.78 is 20.8. The van der Waals surface area contributed by atoms with Gasteiger partial charge in [0.15, 0.2) is 0 Å². The molecule has 1 fully saturated rings. The molecule has 0 amide bonds. The van der Waals surface area contributed by atoms with Gasteiger partial charge in [0.2, 0.25) is 0 Å². The zero-order valence-electron chi connectivity index (χ0n) is 12.7. The summed E-state index contributed by atoms with van der Waals surface area (Å²) in [5.74, 6) is 0.175. The monoisotopic (exact) mass is 303 g/mol. The third-order valence-electron chi connectivity index (χ3n) is 3.72. The summed E-state index contributed by atoms with van der Waals surface area (Å²) >= 11 is 0. The number of hydrogen-bond donors (Lipinski definition) is 0. The van der Waals surface area contributed by atoms with Gasteiger partial charge in [0.05, 0.1) is 18.9 Å². The van der Waals surface area contributed by atoms with Crippen molar-refractivity contribution in [3.63, 3.8) is 0 Å². The van der Waals surface area contributed by atoms with Crippen molar-refractivity contribution in [2.45, 2.75) is 13.8 Å². The molecule has 5 nitrogen and oxygen atoms in total. The van der Waals surface area contributed by atoms with E-state index in [1.807, 2.05) is 6.07 Å². The average molecular weight is 303 g/mol. The Morgan fingerprint density at radius 2 is 1.77 bits per heavy atom. The zero-order valence-corrected chi connectivity index (χ0v) is 12.7. The van der Waals surface area contributed by atoms with E-state index in [-0.39, 0.29) is 11.4 Å². The van der Waals surface area contributed by atoms with Crippen LogP contribution >= 0.6 is 0 Å². The Kier molecular flexibility index (Phi) is 3.94. The van der Waals surface area contributed by atoms with Crippen LogP contribution in [0.5, 0.6) is 0 Å². The van der Waals surface area contributed by atoms with E-state index in [0.717, 1.165) is 5.69 Å². The number of nitrogens with zero attached hydrogens (tertiary/aromatic N) is 3. The quantitative estimate of drug-likeness (QED) is 0.849. The van der Waals surface area contributed by atoms with E-state index in [0.29, 0.717) is 43.5 Å². The van der Waals surface area contributed by atoms with Crippen LogP contribution in [-0.4, -0.2) is 35.9 Å². The van der Waals surface area contributed by atoms with Crippen molar-refractivity contribution in [1.29, 1.82) is 0 Å². The van der Waals surface area contributed by atoms with Crippen LogP contribution in [0.4, 0.5) is 10.1 Å². The topological polar surface area (TPSA) is 47.4 Å². The number of anilines is 1. The lowest BCUT2D eigenvalue weighted by Crippen LogP contribution is -2.36. The molecule has 2 aromatic rings. The molecule has 0 saturated carbocycles. The van der Waals surface area contributed by atoms with Crippen molar-refractivity contribution in [3.8, 4) is 5.69 Å². The number of aryl methyl sites for hydroxylation is 2. The van der Waals surface area contributed by atoms with E-state index >= 15 is 0 Å². The van der Waals surface area contributed by atoms with Gasteiger partial charge in [0, 0.05) is 30.5 Å². The van der Waals surface area contributed by atoms with Crippen LogP contribution in [0.25, 0.3) is 5.69 Å². The summed E-state index contributed by atoms with van der Waals surface area (Å²) in [5.41, 5.74) is 1.70. The molecule has 3 rings (SSSR count). The third-order valence-corrected chi connectivity index (χ3v) is 3.72.